The first-order chi connectivity index (χ1) is 26.8. The highest BCUT2D eigenvalue weighted by atomic mass is 32.1. The number of hydrogen-bond donors (Lipinski definition) is 0. The molecule has 1 heterocycles. The van der Waals surface area contributed by atoms with Crippen molar-refractivity contribution in [2.24, 2.45) is 0 Å². The molecule has 10 rings (SSSR count). The van der Waals surface area contributed by atoms with E-state index in [1.165, 1.54) is 75.5 Å². The van der Waals surface area contributed by atoms with E-state index >= 15 is 0 Å². The Hall–Kier alpha value is -6.74. The van der Waals surface area contributed by atoms with E-state index < -0.39 is 0 Å². The van der Waals surface area contributed by atoms with Gasteiger partial charge in [-0.15, -0.1) is 11.3 Å². The second-order valence-electron chi connectivity index (χ2n) is 13.7. The van der Waals surface area contributed by atoms with Crippen molar-refractivity contribution in [1.29, 1.82) is 0 Å². The topological polar surface area (TPSA) is 3.24 Å². The van der Waals surface area contributed by atoms with Crippen LogP contribution in [0.4, 0.5) is 17.1 Å². The van der Waals surface area contributed by atoms with Crippen LogP contribution < -0.4 is 4.90 Å². The van der Waals surface area contributed by atoms with Crippen LogP contribution in [0.5, 0.6) is 0 Å². The fourth-order valence-electron chi connectivity index (χ4n) is 7.85. The molecule has 0 saturated carbocycles. The number of rotatable bonds is 7. The highest BCUT2D eigenvalue weighted by Gasteiger charge is 2.17. The Morgan fingerprint density at radius 1 is 0.296 bits per heavy atom. The molecule has 1 nitrogen and oxygen atoms in total. The molecule has 254 valence electrons. The summed E-state index contributed by atoms with van der Waals surface area (Å²) >= 11 is 1.86. The number of thiophene rings is 1. The third-order valence-corrected chi connectivity index (χ3v) is 11.6. The second kappa shape index (κ2) is 13.7. The normalized spacial score (nSPS) is 11.3. The van der Waals surface area contributed by atoms with Gasteiger partial charge in [0.25, 0.3) is 0 Å². The molecule has 2 heteroatoms. The Kier molecular flexibility index (Phi) is 8.09. The average molecular weight is 706 g/mol. The Morgan fingerprint density at radius 2 is 0.778 bits per heavy atom. The van der Waals surface area contributed by atoms with Gasteiger partial charge in [-0.1, -0.05) is 164 Å². The Balaban J connectivity index is 1.09. The summed E-state index contributed by atoms with van der Waals surface area (Å²) in [4.78, 5) is 2.40. The fourth-order valence-corrected chi connectivity index (χ4v) is 8.99. The van der Waals surface area contributed by atoms with Crippen molar-refractivity contribution in [1.82, 2.24) is 0 Å². The van der Waals surface area contributed by atoms with Crippen molar-refractivity contribution in [2.75, 3.05) is 4.90 Å². The molecule has 0 spiro atoms. The van der Waals surface area contributed by atoms with Crippen LogP contribution in [0.25, 0.3) is 75.5 Å². The minimum absolute atomic E-state index is 1.10. The summed E-state index contributed by atoms with van der Waals surface area (Å²) < 4.78 is 2.63. The zero-order valence-electron chi connectivity index (χ0n) is 29.6. The van der Waals surface area contributed by atoms with Gasteiger partial charge in [0.15, 0.2) is 0 Å². The van der Waals surface area contributed by atoms with E-state index in [0.29, 0.717) is 0 Å². The third kappa shape index (κ3) is 5.84. The van der Waals surface area contributed by atoms with E-state index in [0.717, 1.165) is 17.1 Å². The lowest BCUT2D eigenvalue weighted by atomic mass is 9.97. The number of nitrogens with zero attached hydrogens (tertiary/aromatic N) is 1. The zero-order valence-corrected chi connectivity index (χ0v) is 30.4. The summed E-state index contributed by atoms with van der Waals surface area (Å²) in [5.41, 5.74) is 13.0. The highest BCUT2D eigenvalue weighted by Crippen LogP contribution is 2.43. The Labute approximate surface area is 319 Å². The van der Waals surface area contributed by atoms with Crippen molar-refractivity contribution in [2.45, 2.75) is 0 Å². The molecular weight excluding hydrogens is 671 g/mol. The van der Waals surface area contributed by atoms with E-state index in [2.05, 4.69) is 217 Å². The van der Waals surface area contributed by atoms with Crippen molar-refractivity contribution < 1.29 is 0 Å². The monoisotopic (exact) mass is 705 g/mol. The molecule has 0 fully saturated rings. The van der Waals surface area contributed by atoms with Crippen LogP contribution in [0.2, 0.25) is 0 Å². The van der Waals surface area contributed by atoms with Gasteiger partial charge >= 0.3 is 0 Å². The summed E-state index contributed by atoms with van der Waals surface area (Å²) in [7, 11) is 0. The van der Waals surface area contributed by atoms with Gasteiger partial charge in [0.2, 0.25) is 0 Å². The average Bonchev–Trinajstić information content (AvgIpc) is 3.64. The summed E-state index contributed by atoms with van der Waals surface area (Å²) in [5.74, 6) is 0. The first-order valence-corrected chi connectivity index (χ1v) is 19.2. The lowest BCUT2D eigenvalue weighted by Crippen LogP contribution is -2.10. The molecule has 0 bridgehead atoms. The Bertz CT molecular complexity index is 2920. The molecule has 10 aromatic rings. The zero-order chi connectivity index (χ0) is 35.8. The van der Waals surface area contributed by atoms with Crippen LogP contribution in [0, 0.1) is 0 Å². The molecule has 0 unspecified atom stereocenters. The molecule has 0 saturated heterocycles. The molecule has 0 atom stereocenters. The summed E-state index contributed by atoms with van der Waals surface area (Å²) in [6.45, 7) is 0. The molecule has 0 aliphatic rings. The fraction of sp³-hybridized carbons (Fsp3) is 0. The lowest BCUT2D eigenvalue weighted by Gasteiger charge is -2.27. The quantitative estimate of drug-likeness (QED) is 0.160. The van der Waals surface area contributed by atoms with Crippen LogP contribution in [0.3, 0.4) is 0 Å². The molecular formula is C52H35NS. The van der Waals surface area contributed by atoms with Gasteiger partial charge in [-0.25, -0.2) is 0 Å². The smallest absolute Gasteiger partial charge is 0.0467 e. The van der Waals surface area contributed by atoms with E-state index in [4.69, 9.17) is 0 Å². The summed E-state index contributed by atoms with van der Waals surface area (Å²) in [5, 5.41) is 5.13. The number of fused-ring (bicyclic) bond motifs is 4. The first-order valence-electron chi connectivity index (χ1n) is 18.4. The maximum atomic E-state index is 2.40. The Morgan fingerprint density at radius 3 is 1.50 bits per heavy atom. The van der Waals surface area contributed by atoms with Gasteiger partial charge in [0.05, 0.1) is 0 Å². The van der Waals surface area contributed by atoms with Gasteiger partial charge in [-0.2, -0.15) is 0 Å². The van der Waals surface area contributed by atoms with Gasteiger partial charge in [-0.05, 0) is 104 Å². The molecule has 0 N–H and O–H groups in total. The van der Waals surface area contributed by atoms with Crippen molar-refractivity contribution in [3.63, 3.8) is 0 Å². The van der Waals surface area contributed by atoms with E-state index in [1.54, 1.807) is 0 Å². The number of benzene rings is 9. The van der Waals surface area contributed by atoms with Crippen molar-refractivity contribution in [3.05, 3.63) is 212 Å². The molecule has 54 heavy (non-hydrogen) atoms. The van der Waals surface area contributed by atoms with Crippen LogP contribution in [0.15, 0.2) is 212 Å². The van der Waals surface area contributed by atoms with Crippen LogP contribution >= 0.6 is 11.3 Å². The van der Waals surface area contributed by atoms with Crippen molar-refractivity contribution >= 4 is 59.3 Å². The SMILES string of the molecule is c1ccc(-c2ccc(-c3ccc(N(c4cccc(-c5cccc6ccccc56)c4)c4cccc(-c5cccc6sc7ccccc7c56)c4)cc3)cc2)cc1. The maximum Gasteiger partial charge on any atom is 0.0467 e. The predicted molar refractivity (Wildman–Crippen MR) is 233 cm³/mol. The molecule has 0 aliphatic heterocycles. The van der Waals surface area contributed by atoms with Gasteiger partial charge < -0.3 is 4.90 Å². The maximum absolute atomic E-state index is 2.40. The second-order valence-corrected chi connectivity index (χ2v) is 14.8. The van der Waals surface area contributed by atoms with E-state index in [9.17, 15) is 0 Å². The largest absolute Gasteiger partial charge is 0.310 e. The summed E-state index contributed by atoms with van der Waals surface area (Å²) in [6, 6.07) is 77.1. The molecule has 1 aromatic heterocycles. The van der Waals surface area contributed by atoms with Crippen LogP contribution in [-0.2, 0) is 0 Å². The van der Waals surface area contributed by atoms with Gasteiger partial charge in [0.1, 0.15) is 0 Å². The predicted octanol–water partition coefficient (Wildman–Crippen LogP) is 15.3. The van der Waals surface area contributed by atoms with Crippen molar-refractivity contribution in [3.8, 4) is 44.5 Å². The molecule has 0 aliphatic carbocycles. The molecule has 9 aromatic carbocycles. The number of anilines is 3. The van der Waals surface area contributed by atoms with E-state index in [-0.39, 0.29) is 0 Å². The van der Waals surface area contributed by atoms with Gasteiger partial charge in [-0.3, -0.25) is 0 Å². The minimum atomic E-state index is 1.10. The number of hydrogen-bond acceptors (Lipinski definition) is 2. The molecule has 0 amide bonds. The van der Waals surface area contributed by atoms with E-state index in [1.807, 2.05) is 11.3 Å². The highest BCUT2D eigenvalue weighted by molar-refractivity contribution is 7.25. The minimum Gasteiger partial charge on any atom is -0.310 e. The van der Waals surface area contributed by atoms with Crippen LogP contribution in [0.1, 0.15) is 0 Å². The standard InChI is InChI=1S/C52H35NS/c1-2-12-36(13-3-1)37-26-28-38(29-27-37)39-30-32-43(33-31-39)53(44-18-8-16-41(34-44)47-22-10-15-40-14-4-5-20-46(40)47)45-19-9-17-42(35-45)48-23-11-25-51-52(48)49-21-6-7-24-50(49)54-51/h1-35H. The lowest BCUT2D eigenvalue weighted by molar-refractivity contribution is 1.28. The molecule has 0 radical (unpaired) electrons. The van der Waals surface area contributed by atoms with Crippen LogP contribution in [-0.4, -0.2) is 0 Å². The first kappa shape index (κ1) is 32.0. The summed E-state index contributed by atoms with van der Waals surface area (Å²) in [6.07, 6.45) is 0. The van der Waals surface area contributed by atoms with Gasteiger partial charge in [0, 0.05) is 37.2 Å². The third-order valence-electron chi connectivity index (χ3n) is 10.5.